The van der Waals surface area contributed by atoms with Gasteiger partial charge >= 0.3 is 6.09 Å². The summed E-state index contributed by atoms with van der Waals surface area (Å²) in [5.41, 5.74) is 2.57. The van der Waals surface area contributed by atoms with E-state index in [-0.39, 0.29) is 0 Å². The lowest BCUT2D eigenvalue weighted by Crippen LogP contribution is -2.27. The average molecular weight is 369 g/mol. The molecule has 0 spiro atoms. The fraction of sp³-hybridized carbons (Fsp3) is 0.211. The molecule has 134 valence electrons. The lowest BCUT2D eigenvalue weighted by Gasteiger charge is -2.12. The minimum absolute atomic E-state index is 0.439. The van der Waals surface area contributed by atoms with Crippen LogP contribution in [0.5, 0.6) is 11.5 Å². The molecular weight excluding hydrogens is 350 g/mol. The number of nitrogens with zero attached hydrogens (tertiary/aromatic N) is 2. The summed E-state index contributed by atoms with van der Waals surface area (Å²) in [5.74, 6) is 1.11. The van der Waals surface area contributed by atoms with Crippen LogP contribution in [0.2, 0.25) is 0 Å². The maximum atomic E-state index is 11.8. The number of ether oxygens (including phenoxy) is 2. The number of benzene rings is 1. The largest absolute Gasteiger partial charge is 0.496 e. The second kappa shape index (κ2) is 8.44. The van der Waals surface area contributed by atoms with Crippen molar-refractivity contribution >= 4 is 17.4 Å². The minimum atomic E-state index is -0.474. The number of pyridine rings is 1. The third kappa shape index (κ3) is 4.18. The number of thiazole rings is 1. The van der Waals surface area contributed by atoms with E-state index in [0.717, 1.165) is 28.1 Å². The van der Waals surface area contributed by atoms with Gasteiger partial charge in [0.25, 0.3) is 0 Å². The predicted octanol–water partition coefficient (Wildman–Crippen LogP) is 4.38. The standard InChI is InChI=1S/C19H19N3O3S/c1-3-6-22-19(23)25-15-4-5-17(24-2)16(10-15)13-9-14(12-20-11-13)18-21-7-8-26-18/h4-5,7-12H,3,6H2,1-2H3,(H,22,23). The Hall–Kier alpha value is -2.93. The van der Waals surface area contributed by atoms with E-state index in [4.69, 9.17) is 9.47 Å². The Balaban J connectivity index is 1.92. The molecule has 3 aromatic rings. The first kappa shape index (κ1) is 17.9. The summed E-state index contributed by atoms with van der Waals surface area (Å²) in [5, 5.41) is 5.50. The van der Waals surface area contributed by atoms with Gasteiger partial charge in [0, 0.05) is 47.2 Å². The Morgan fingerprint density at radius 2 is 2.08 bits per heavy atom. The third-order valence-electron chi connectivity index (χ3n) is 3.63. The summed E-state index contributed by atoms with van der Waals surface area (Å²) in [6.07, 6.45) is 5.65. The summed E-state index contributed by atoms with van der Waals surface area (Å²) in [7, 11) is 1.60. The van der Waals surface area contributed by atoms with Crippen LogP contribution in [0, 0.1) is 0 Å². The van der Waals surface area contributed by atoms with Gasteiger partial charge in [-0.25, -0.2) is 9.78 Å². The van der Waals surface area contributed by atoms with Crippen molar-refractivity contribution in [1.82, 2.24) is 15.3 Å². The van der Waals surface area contributed by atoms with Gasteiger partial charge in [-0.2, -0.15) is 0 Å². The SMILES string of the molecule is CCCNC(=O)Oc1ccc(OC)c(-c2cncc(-c3nccs3)c2)c1. The van der Waals surface area contributed by atoms with Crippen molar-refractivity contribution in [2.45, 2.75) is 13.3 Å². The van der Waals surface area contributed by atoms with Crippen LogP contribution >= 0.6 is 11.3 Å². The van der Waals surface area contributed by atoms with Gasteiger partial charge in [0.05, 0.1) is 7.11 Å². The fourth-order valence-electron chi connectivity index (χ4n) is 2.42. The molecule has 2 heterocycles. The lowest BCUT2D eigenvalue weighted by molar-refractivity contribution is 0.200. The molecular formula is C19H19N3O3S. The molecule has 0 atom stereocenters. The van der Waals surface area contributed by atoms with Crippen LogP contribution in [-0.4, -0.2) is 29.7 Å². The molecule has 6 nitrogen and oxygen atoms in total. The predicted molar refractivity (Wildman–Crippen MR) is 102 cm³/mol. The van der Waals surface area contributed by atoms with Gasteiger partial charge in [-0.1, -0.05) is 6.92 Å². The van der Waals surface area contributed by atoms with Crippen LogP contribution in [0.1, 0.15) is 13.3 Å². The zero-order chi connectivity index (χ0) is 18.4. The van der Waals surface area contributed by atoms with Gasteiger partial charge in [0.2, 0.25) is 0 Å². The smallest absolute Gasteiger partial charge is 0.412 e. The highest BCUT2D eigenvalue weighted by Crippen LogP contribution is 2.35. The molecule has 26 heavy (non-hydrogen) atoms. The summed E-state index contributed by atoms with van der Waals surface area (Å²) in [6.45, 7) is 2.55. The molecule has 2 aromatic heterocycles. The Bertz CT molecular complexity index is 881. The maximum Gasteiger partial charge on any atom is 0.412 e. The second-order valence-corrected chi connectivity index (χ2v) is 6.37. The van der Waals surface area contributed by atoms with Gasteiger partial charge in [-0.05, 0) is 30.7 Å². The van der Waals surface area contributed by atoms with Gasteiger partial charge in [-0.3, -0.25) is 4.98 Å². The molecule has 0 radical (unpaired) electrons. The van der Waals surface area contributed by atoms with Gasteiger partial charge in [-0.15, -0.1) is 11.3 Å². The number of nitrogens with one attached hydrogen (secondary N) is 1. The molecule has 1 amide bonds. The minimum Gasteiger partial charge on any atom is -0.496 e. The Kier molecular flexibility index (Phi) is 5.80. The summed E-state index contributed by atoms with van der Waals surface area (Å²) in [6, 6.07) is 7.23. The number of amides is 1. The highest BCUT2D eigenvalue weighted by atomic mass is 32.1. The number of hydrogen-bond donors (Lipinski definition) is 1. The van der Waals surface area contributed by atoms with Crippen LogP contribution in [0.15, 0.2) is 48.2 Å². The van der Waals surface area contributed by atoms with Crippen molar-refractivity contribution in [2.75, 3.05) is 13.7 Å². The normalized spacial score (nSPS) is 10.4. The average Bonchev–Trinajstić information content (AvgIpc) is 3.21. The molecule has 0 unspecified atom stereocenters. The van der Waals surface area contributed by atoms with Crippen molar-refractivity contribution in [1.29, 1.82) is 0 Å². The van der Waals surface area contributed by atoms with Crippen LogP contribution < -0.4 is 14.8 Å². The molecule has 0 aliphatic carbocycles. The first-order valence-electron chi connectivity index (χ1n) is 8.20. The number of hydrogen-bond acceptors (Lipinski definition) is 6. The molecule has 0 bridgehead atoms. The van der Waals surface area contributed by atoms with Crippen molar-refractivity contribution in [2.24, 2.45) is 0 Å². The van der Waals surface area contributed by atoms with E-state index >= 15 is 0 Å². The summed E-state index contributed by atoms with van der Waals surface area (Å²) >= 11 is 1.55. The van der Waals surface area contributed by atoms with Crippen molar-refractivity contribution in [3.63, 3.8) is 0 Å². The molecule has 3 rings (SSSR count). The third-order valence-corrected chi connectivity index (χ3v) is 4.45. The number of rotatable bonds is 6. The maximum absolute atomic E-state index is 11.8. The quantitative estimate of drug-likeness (QED) is 0.698. The number of carbonyl (C=O) groups excluding carboxylic acids is 1. The molecule has 1 N–H and O–H groups in total. The van der Waals surface area contributed by atoms with E-state index in [2.05, 4.69) is 15.3 Å². The number of methoxy groups -OCH3 is 1. The van der Waals surface area contributed by atoms with E-state index in [9.17, 15) is 4.79 Å². The van der Waals surface area contributed by atoms with E-state index in [1.165, 1.54) is 0 Å². The highest BCUT2D eigenvalue weighted by molar-refractivity contribution is 7.13. The Morgan fingerprint density at radius 3 is 2.81 bits per heavy atom. The summed E-state index contributed by atoms with van der Waals surface area (Å²) in [4.78, 5) is 20.4. The fourth-order valence-corrected chi connectivity index (χ4v) is 3.04. The van der Waals surface area contributed by atoms with E-state index < -0.39 is 6.09 Å². The Morgan fingerprint density at radius 1 is 1.23 bits per heavy atom. The number of carbonyl (C=O) groups is 1. The molecule has 0 fully saturated rings. The van der Waals surface area contributed by atoms with E-state index in [0.29, 0.717) is 18.0 Å². The zero-order valence-corrected chi connectivity index (χ0v) is 15.4. The monoisotopic (exact) mass is 369 g/mol. The summed E-state index contributed by atoms with van der Waals surface area (Å²) < 4.78 is 10.8. The van der Waals surface area contributed by atoms with E-state index in [1.54, 1.807) is 55.2 Å². The second-order valence-electron chi connectivity index (χ2n) is 5.48. The lowest BCUT2D eigenvalue weighted by atomic mass is 10.0. The highest BCUT2D eigenvalue weighted by Gasteiger charge is 2.12. The van der Waals surface area contributed by atoms with Crippen LogP contribution in [-0.2, 0) is 0 Å². The van der Waals surface area contributed by atoms with Gasteiger partial charge in [0.1, 0.15) is 16.5 Å². The van der Waals surface area contributed by atoms with Crippen molar-refractivity contribution < 1.29 is 14.3 Å². The molecule has 1 aromatic carbocycles. The van der Waals surface area contributed by atoms with Crippen molar-refractivity contribution in [3.05, 3.63) is 48.2 Å². The van der Waals surface area contributed by atoms with Crippen LogP contribution in [0.3, 0.4) is 0 Å². The van der Waals surface area contributed by atoms with Gasteiger partial charge in [0.15, 0.2) is 0 Å². The Labute approximate surface area is 155 Å². The zero-order valence-electron chi connectivity index (χ0n) is 14.6. The molecule has 0 aliphatic heterocycles. The molecule has 0 aliphatic rings. The van der Waals surface area contributed by atoms with Gasteiger partial charge < -0.3 is 14.8 Å². The van der Waals surface area contributed by atoms with Crippen LogP contribution in [0.4, 0.5) is 4.79 Å². The molecule has 0 saturated carbocycles. The van der Waals surface area contributed by atoms with Crippen LogP contribution in [0.25, 0.3) is 21.7 Å². The molecule has 7 heteroatoms. The molecule has 0 saturated heterocycles. The van der Waals surface area contributed by atoms with Crippen molar-refractivity contribution in [3.8, 4) is 33.2 Å². The topological polar surface area (TPSA) is 73.3 Å². The van der Waals surface area contributed by atoms with E-state index in [1.807, 2.05) is 18.4 Å². The first-order chi connectivity index (χ1) is 12.7. The first-order valence-corrected chi connectivity index (χ1v) is 9.08. The number of aromatic nitrogens is 2.